The second-order valence-corrected chi connectivity index (χ2v) is 7.71. The zero-order valence-corrected chi connectivity index (χ0v) is 13.8. The molecular weight excluding hydrogens is 324 g/mol. The van der Waals surface area contributed by atoms with E-state index in [2.05, 4.69) is 11.4 Å². The lowest BCUT2D eigenvalue weighted by Crippen LogP contribution is -2.29. The molecule has 1 aliphatic heterocycles. The largest absolute Gasteiger partial charge is 0.459 e. The number of hydrogen-bond donors (Lipinski definition) is 1. The lowest BCUT2D eigenvalue weighted by molar-refractivity contribution is -0.771. The number of hydrogen-bond acceptors (Lipinski definition) is 7. The van der Waals surface area contributed by atoms with Gasteiger partial charge in [0.2, 0.25) is 0 Å². The highest BCUT2D eigenvalue weighted by Crippen LogP contribution is 2.46. The first-order valence-electron chi connectivity index (χ1n) is 6.93. The minimum atomic E-state index is -0.771. The third-order valence-corrected chi connectivity index (χ3v) is 5.68. The first-order chi connectivity index (χ1) is 10.5. The summed E-state index contributed by atoms with van der Waals surface area (Å²) in [6, 6.07) is 6.12. The van der Waals surface area contributed by atoms with Gasteiger partial charge in [0.05, 0.1) is 0 Å². The van der Waals surface area contributed by atoms with E-state index in [1.54, 1.807) is 21.6 Å². The molecule has 0 saturated carbocycles. The average Bonchev–Trinajstić information content (AvgIpc) is 3.05. The van der Waals surface area contributed by atoms with Crippen LogP contribution in [0, 0.1) is 10.1 Å². The number of rotatable bonds is 6. The van der Waals surface area contributed by atoms with Crippen LogP contribution in [0.1, 0.15) is 31.3 Å². The van der Waals surface area contributed by atoms with Crippen molar-refractivity contribution in [2.24, 2.45) is 0 Å². The molecule has 0 fully saturated rings. The van der Waals surface area contributed by atoms with Gasteiger partial charge < -0.3 is 14.6 Å². The molecule has 0 aliphatic carbocycles. The maximum atomic E-state index is 10.7. The highest BCUT2D eigenvalue weighted by atomic mass is 33.1. The molecule has 1 N–H and O–H groups in total. The molecular formula is C14H16N2O4S2. The number of nitrogens with one attached hydrogen (secondary N) is 1. The Hall–Kier alpha value is -1.38. The molecule has 0 amide bonds. The van der Waals surface area contributed by atoms with Gasteiger partial charge in [0.1, 0.15) is 11.3 Å². The molecule has 1 atom stereocenters. The van der Waals surface area contributed by atoms with E-state index >= 15 is 0 Å². The minimum Gasteiger partial charge on any atom is -0.459 e. The molecule has 1 aromatic carbocycles. The number of furan rings is 1. The second-order valence-electron chi connectivity index (χ2n) is 5.37. The molecule has 6 nitrogen and oxygen atoms in total. The normalized spacial score (nSPS) is 15.2. The van der Waals surface area contributed by atoms with E-state index in [9.17, 15) is 10.1 Å². The quantitative estimate of drug-likeness (QED) is 0.485. The van der Waals surface area contributed by atoms with Gasteiger partial charge in [-0.2, -0.15) is 0 Å². The Bertz CT molecular complexity index is 660. The predicted molar refractivity (Wildman–Crippen MR) is 87.3 cm³/mol. The summed E-state index contributed by atoms with van der Waals surface area (Å²) in [5.41, 5.74) is 1.99. The number of benzene rings is 1. The monoisotopic (exact) mass is 340 g/mol. The molecule has 0 bridgehead atoms. The minimum absolute atomic E-state index is 0.208. The molecule has 3 rings (SSSR count). The summed E-state index contributed by atoms with van der Waals surface area (Å²) in [5.74, 6) is 1.43. The van der Waals surface area contributed by atoms with Crippen LogP contribution in [0.15, 0.2) is 27.5 Å². The highest BCUT2D eigenvalue weighted by molar-refractivity contribution is 8.76. The Morgan fingerprint density at radius 3 is 3.00 bits per heavy atom. The summed E-state index contributed by atoms with van der Waals surface area (Å²) in [4.78, 5) is 16.7. The smallest absolute Gasteiger partial charge is 0.295 e. The number of nitrogens with zero attached hydrogens (tertiary/aromatic N) is 1. The summed E-state index contributed by atoms with van der Waals surface area (Å²) in [6.07, 6.45) is -0.748. The van der Waals surface area contributed by atoms with Crippen LogP contribution in [0.2, 0.25) is 0 Å². The molecule has 0 spiro atoms. The Balaban J connectivity index is 1.89. The first kappa shape index (κ1) is 15.5. The maximum Gasteiger partial charge on any atom is 0.295 e. The van der Waals surface area contributed by atoms with Crippen molar-refractivity contribution in [2.45, 2.75) is 36.6 Å². The molecule has 118 valence electrons. The third-order valence-electron chi connectivity index (χ3n) is 3.32. The fraction of sp³-hybridized carbons (Fsp3) is 0.429. The van der Waals surface area contributed by atoms with Crippen LogP contribution in [0.25, 0.3) is 11.0 Å². The summed E-state index contributed by atoms with van der Waals surface area (Å²) >= 11 is 0. The van der Waals surface area contributed by atoms with Gasteiger partial charge in [0.25, 0.3) is 5.09 Å². The molecule has 1 aliphatic rings. The molecule has 22 heavy (non-hydrogen) atoms. The lowest BCUT2D eigenvalue weighted by Gasteiger charge is -2.15. The van der Waals surface area contributed by atoms with Gasteiger partial charge in [-0.05, 0) is 23.8 Å². The van der Waals surface area contributed by atoms with E-state index in [1.165, 1.54) is 10.5 Å². The van der Waals surface area contributed by atoms with E-state index in [0.29, 0.717) is 12.3 Å². The number of fused-ring (bicyclic) bond motifs is 2. The lowest BCUT2D eigenvalue weighted by atomic mass is 10.1. The van der Waals surface area contributed by atoms with Crippen LogP contribution in [-0.2, 0) is 10.6 Å². The third kappa shape index (κ3) is 3.34. The highest BCUT2D eigenvalue weighted by Gasteiger charge is 2.22. The topological polar surface area (TPSA) is 77.5 Å². The Labute approximate surface area is 135 Å². The van der Waals surface area contributed by atoms with Gasteiger partial charge in [-0.1, -0.05) is 35.4 Å². The van der Waals surface area contributed by atoms with Crippen molar-refractivity contribution in [3.05, 3.63) is 39.6 Å². The van der Waals surface area contributed by atoms with Crippen LogP contribution in [0.5, 0.6) is 0 Å². The van der Waals surface area contributed by atoms with Crippen molar-refractivity contribution >= 4 is 32.6 Å². The molecule has 2 aromatic rings. The summed E-state index contributed by atoms with van der Waals surface area (Å²) in [7, 11) is 3.55. The van der Waals surface area contributed by atoms with E-state index in [4.69, 9.17) is 9.25 Å². The molecule has 8 heteroatoms. The Kier molecular flexibility index (Phi) is 4.51. The fourth-order valence-corrected chi connectivity index (χ4v) is 4.73. The van der Waals surface area contributed by atoms with Crippen molar-refractivity contribution in [3.63, 3.8) is 0 Å². The first-order valence-corrected chi connectivity index (χ1v) is 9.25. The zero-order valence-electron chi connectivity index (χ0n) is 12.2. The second kappa shape index (κ2) is 6.39. The van der Waals surface area contributed by atoms with Gasteiger partial charge >= 0.3 is 0 Å². The molecule has 0 saturated heterocycles. The van der Waals surface area contributed by atoms with Crippen LogP contribution < -0.4 is 5.32 Å². The molecule has 1 unspecified atom stereocenters. The molecule has 2 heterocycles. The van der Waals surface area contributed by atoms with E-state index in [0.717, 1.165) is 16.7 Å². The van der Waals surface area contributed by atoms with Crippen LogP contribution in [-0.4, -0.2) is 17.7 Å². The van der Waals surface area contributed by atoms with Crippen LogP contribution >= 0.6 is 21.6 Å². The fourth-order valence-electron chi connectivity index (χ4n) is 2.27. The zero-order chi connectivity index (χ0) is 15.7. The Morgan fingerprint density at radius 2 is 2.27 bits per heavy atom. The van der Waals surface area contributed by atoms with Gasteiger partial charge in [-0.25, -0.2) is 0 Å². The van der Waals surface area contributed by atoms with Gasteiger partial charge in [-0.15, -0.1) is 10.1 Å². The maximum absolute atomic E-state index is 10.7. The predicted octanol–water partition coefficient (Wildman–Crippen LogP) is 3.93. The molecule has 1 aromatic heterocycles. The van der Waals surface area contributed by atoms with Crippen molar-refractivity contribution in [2.75, 3.05) is 6.54 Å². The van der Waals surface area contributed by atoms with E-state index < -0.39 is 11.2 Å². The van der Waals surface area contributed by atoms with Crippen molar-refractivity contribution in [1.29, 1.82) is 0 Å². The van der Waals surface area contributed by atoms with Crippen molar-refractivity contribution < 1.29 is 14.3 Å². The van der Waals surface area contributed by atoms with E-state index in [-0.39, 0.29) is 6.04 Å². The van der Waals surface area contributed by atoms with Crippen molar-refractivity contribution in [3.8, 4) is 0 Å². The van der Waals surface area contributed by atoms with E-state index in [1.807, 2.05) is 26.0 Å². The standard InChI is InChI=1S/C14H16N2O4S2/c1-8(2)15-6-13(20-16(17)18)12-3-9-5-14-10(7-21-22-14)4-11(9)19-12/h3-5,8,13,15H,6-7H2,1-2H3. The van der Waals surface area contributed by atoms with Crippen LogP contribution in [0.3, 0.4) is 0 Å². The van der Waals surface area contributed by atoms with Crippen LogP contribution in [0.4, 0.5) is 0 Å². The molecule has 0 radical (unpaired) electrons. The van der Waals surface area contributed by atoms with Crippen molar-refractivity contribution in [1.82, 2.24) is 5.32 Å². The summed E-state index contributed by atoms with van der Waals surface area (Å²) < 4.78 is 5.80. The summed E-state index contributed by atoms with van der Waals surface area (Å²) in [5, 5.41) is 14.0. The van der Waals surface area contributed by atoms with Gasteiger partial charge in [-0.3, -0.25) is 0 Å². The average molecular weight is 340 g/mol. The SMILES string of the molecule is CC(C)NCC(O[N+](=O)[O-])c1cc2cc3c(cc2o1)CSS3. The van der Waals surface area contributed by atoms with Gasteiger partial charge in [0, 0.05) is 28.6 Å². The van der Waals surface area contributed by atoms with Gasteiger partial charge in [0.15, 0.2) is 6.10 Å². The Morgan fingerprint density at radius 1 is 1.45 bits per heavy atom. The summed E-state index contributed by atoms with van der Waals surface area (Å²) in [6.45, 7) is 4.27.